The van der Waals surface area contributed by atoms with Crippen molar-refractivity contribution >= 4 is 46.5 Å². The van der Waals surface area contributed by atoms with Crippen LogP contribution in [0, 0.1) is 0 Å². The van der Waals surface area contributed by atoms with E-state index in [9.17, 15) is 9.59 Å². The first-order chi connectivity index (χ1) is 9.88. The molecule has 0 aliphatic heterocycles. The molecule has 2 rings (SSSR count). The van der Waals surface area contributed by atoms with E-state index in [0.29, 0.717) is 10.7 Å². The normalized spacial score (nSPS) is 10.2. The van der Waals surface area contributed by atoms with Crippen LogP contribution in [0.25, 0.3) is 0 Å². The van der Waals surface area contributed by atoms with Crippen molar-refractivity contribution in [3.63, 3.8) is 0 Å². The number of amides is 1. The highest BCUT2D eigenvalue weighted by Crippen LogP contribution is 2.25. The van der Waals surface area contributed by atoms with Gasteiger partial charge in [0, 0.05) is 16.3 Å². The van der Waals surface area contributed by atoms with Gasteiger partial charge in [-0.05, 0) is 30.3 Å². The van der Waals surface area contributed by atoms with Crippen LogP contribution in [0.15, 0.2) is 36.4 Å². The summed E-state index contributed by atoms with van der Waals surface area (Å²) in [6, 6.07) is 8.78. The second-order valence-corrected chi connectivity index (χ2v) is 5.04. The Morgan fingerprint density at radius 2 is 1.86 bits per heavy atom. The number of benzene rings is 2. The molecule has 7 heteroatoms. The predicted octanol–water partition coefficient (Wildman–Crippen LogP) is 3.53. The molecule has 0 atom stereocenters. The molecule has 21 heavy (non-hydrogen) atoms. The molecule has 0 aliphatic carbocycles. The maximum absolute atomic E-state index is 12.1. The Kier molecular flexibility index (Phi) is 4.35. The highest BCUT2D eigenvalue weighted by atomic mass is 35.5. The predicted molar refractivity (Wildman–Crippen MR) is 82.2 cm³/mol. The molecule has 0 aliphatic rings. The summed E-state index contributed by atoms with van der Waals surface area (Å²) in [5.41, 5.74) is 6.08. The fourth-order valence-corrected chi connectivity index (χ4v) is 2.28. The van der Waals surface area contributed by atoms with Crippen LogP contribution in [0.1, 0.15) is 20.7 Å². The van der Waals surface area contributed by atoms with E-state index < -0.39 is 11.9 Å². The summed E-state index contributed by atoms with van der Waals surface area (Å²) < 4.78 is 0. The molecule has 0 saturated heterocycles. The molecule has 2 aromatic rings. The summed E-state index contributed by atoms with van der Waals surface area (Å²) in [6.45, 7) is 0. The summed E-state index contributed by atoms with van der Waals surface area (Å²) >= 11 is 11.7. The van der Waals surface area contributed by atoms with E-state index in [4.69, 9.17) is 34.0 Å². The van der Waals surface area contributed by atoms with Gasteiger partial charge in [0.1, 0.15) is 5.56 Å². The average Bonchev–Trinajstić information content (AvgIpc) is 2.37. The topological polar surface area (TPSA) is 92.4 Å². The van der Waals surface area contributed by atoms with Gasteiger partial charge in [-0.15, -0.1) is 0 Å². The van der Waals surface area contributed by atoms with E-state index in [1.807, 2.05) is 0 Å². The average molecular weight is 325 g/mol. The lowest BCUT2D eigenvalue weighted by Crippen LogP contribution is -2.15. The minimum atomic E-state index is -1.23. The molecular formula is C14H10Cl2N2O3. The van der Waals surface area contributed by atoms with Crippen molar-refractivity contribution in [2.45, 2.75) is 0 Å². The summed E-state index contributed by atoms with van der Waals surface area (Å²) in [7, 11) is 0. The lowest BCUT2D eigenvalue weighted by Gasteiger charge is -2.10. The standard InChI is InChI=1S/C14H10Cl2N2O3/c15-8-4-7(5-9(17)6-8)13(19)18-11-3-1-2-10(16)12(11)14(20)21/h1-6H,17H2,(H,18,19)(H,20,21). The van der Waals surface area contributed by atoms with Crippen LogP contribution in [-0.2, 0) is 0 Å². The van der Waals surface area contributed by atoms with Crippen LogP contribution in [0.5, 0.6) is 0 Å². The van der Waals surface area contributed by atoms with Crippen LogP contribution in [0.3, 0.4) is 0 Å². The number of anilines is 2. The minimum Gasteiger partial charge on any atom is -0.478 e. The Hall–Kier alpha value is -2.24. The van der Waals surface area contributed by atoms with Crippen molar-refractivity contribution in [3.05, 3.63) is 57.6 Å². The van der Waals surface area contributed by atoms with E-state index in [1.165, 1.54) is 36.4 Å². The van der Waals surface area contributed by atoms with Crippen molar-refractivity contribution in [2.24, 2.45) is 0 Å². The third-order valence-electron chi connectivity index (χ3n) is 2.66. The number of aromatic carboxylic acids is 1. The molecule has 108 valence electrons. The fraction of sp³-hybridized carbons (Fsp3) is 0. The SMILES string of the molecule is Nc1cc(Cl)cc(C(=O)Nc2cccc(Cl)c2C(=O)O)c1. The Labute approximate surface area is 130 Å². The van der Waals surface area contributed by atoms with Crippen molar-refractivity contribution in [1.82, 2.24) is 0 Å². The van der Waals surface area contributed by atoms with Gasteiger partial charge < -0.3 is 16.2 Å². The lowest BCUT2D eigenvalue weighted by molar-refractivity contribution is 0.0698. The second-order valence-electron chi connectivity index (χ2n) is 4.19. The van der Waals surface area contributed by atoms with E-state index in [1.54, 1.807) is 0 Å². The smallest absolute Gasteiger partial charge is 0.339 e. The van der Waals surface area contributed by atoms with Gasteiger partial charge >= 0.3 is 5.97 Å². The molecule has 0 spiro atoms. The number of rotatable bonds is 3. The van der Waals surface area contributed by atoms with E-state index in [0.717, 1.165) is 0 Å². The number of nitrogen functional groups attached to an aromatic ring is 1. The zero-order chi connectivity index (χ0) is 15.6. The second kappa shape index (κ2) is 6.03. The molecule has 0 saturated carbocycles. The number of carbonyl (C=O) groups is 2. The largest absolute Gasteiger partial charge is 0.478 e. The highest BCUT2D eigenvalue weighted by Gasteiger charge is 2.17. The third kappa shape index (κ3) is 3.45. The number of hydrogen-bond acceptors (Lipinski definition) is 3. The lowest BCUT2D eigenvalue weighted by atomic mass is 10.1. The number of carbonyl (C=O) groups excluding carboxylic acids is 1. The molecule has 4 N–H and O–H groups in total. The van der Waals surface area contributed by atoms with Crippen molar-refractivity contribution in [1.29, 1.82) is 0 Å². The fourth-order valence-electron chi connectivity index (χ4n) is 1.78. The molecule has 1 amide bonds. The Morgan fingerprint density at radius 3 is 2.48 bits per heavy atom. The van der Waals surface area contributed by atoms with Crippen LogP contribution in [0.4, 0.5) is 11.4 Å². The first-order valence-electron chi connectivity index (χ1n) is 5.77. The van der Waals surface area contributed by atoms with E-state index in [-0.39, 0.29) is 21.8 Å². The number of nitrogens with one attached hydrogen (secondary N) is 1. The van der Waals surface area contributed by atoms with Gasteiger partial charge in [0.05, 0.1) is 10.7 Å². The zero-order valence-corrected chi connectivity index (χ0v) is 12.1. The van der Waals surface area contributed by atoms with Gasteiger partial charge in [-0.1, -0.05) is 29.3 Å². The van der Waals surface area contributed by atoms with Gasteiger partial charge in [-0.2, -0.15) is 0 Å². The van der Waals surface area contributed by atoms with Gasteiger partial charge in [-0.25, -0.2) is 4.79 Å². The highest BCUT2D eigenvalue weighted by molar-refractivity contribution is 6.34. The van der Waals surface area contributed by atoms with E-state index in [2.05, 4.69) is 5.32 Å². The number of hydrogen-bond donors (Lipinski definition) is 3. The van der Waals surface area contributed by atoms with Gasteiger partial charge in [0.2, 0.25) is 0 Å². The summed E-state index contributed by atoms with van der Waals surface area (Å²) in [5.74, 6) is -1.77. The third-order valence-corrected chi connectivity index (χ3v) is 3.19. The molecule has 5 nitrogen and oxygen atoms in total. The summed E-state index contributed by atoms with van der Waals surface area (Å²) in [6.07, 6.45) is 0. The first-order valence-corrected chi connectivity index (χ1v) is 6.53. The Balaban J connectivity index is 2.36. The van der Waals surface area contributed by atoms with Crippen LogP contribution in [-0.4, -0.2) is 17.0 Å². The monoisotopic (exact) mass is 324 g/mol. The number of halogens is 2. The molecular weight excluding hydrogens is 315 g/mol. The molecule has 0 heterocycles. The maximum Gasteiger partial charge on any atom is 0.339 e. The molecule has 0 bridgehead atoms. The van der Waals surface area contributed by atoms with Crippen molar-refractivity contribution < 1.29 is 14.7 Å². The van der Waals surface area contributed by atoms with Crippen LogP contribution >= 0.6 is 23.2 Å². The minimum absolute atomic E-state index is 0.0332. The zero-order valence-electron chi connectivity index (χ0n) is 10.6. The van der Waals surface area contributed by atoms with Crippen molar-refractivity contribution in [3.8, 4) is 0 Å². The molecule has 0 aromatic heterocycles. The van der Waals surface area contributed by atoms with Gasteiger partial charge in [0.15, 0.2) is 0 Å². The van der Waals surface area contributed by atoms with Crippen LogP contribution in [0.2, 0.25) is 10.0 Å². The molecule has 2 aromatic carbocycles. The van der Waals surface area contributed by atoms with E-state index >= 15 is 0 Å². The molecule has 0 radical (unpaired) electrons. The first kappa shape index (κ1) is 15.2. The van der Waals surface area contributed by atoms with Crippen LogP contribution < -0.4 is 11.1 Å². The summed E-state index contributed by atoms with van der Waals surface area (Å²) in [4.78, 5) is 23.3. The summed E-state index contributed by atoms with van der Waals surface area (Å²) in [5, 5.41) is 12.0. The molecule has 0 unspecified atom stereocenters. The Morgan fingerprint density at radius 1 is 1.14 bits per heavy atom. The quantitative estimate of drug-likeness (QED) is 0.753. The number of carboxylic acid groups (broad SMARTS) is 1. The van der Waals surface area contributed by atoms with Gasteiger partial charge in [-0.3, -0.25) is 4.79 Å². The maximum atomic E-state index is 12.1. The number of carboxylic acids is 1. The Bertz CT molecular complexity index is 712. The van der Waals surface area contributed by atoms with Crippen molar-refractivity contribution in [2.75, 3.05) is 11.1 Å². The molecule has 0 fully saturated rings. The van der Waals surface area contributed by atoms with Gasteiger partial charge in [0.25, 0.3) is 5.91 Å². The number of nitrogens with two attached hydrogens (primary N) is 1.